The highest BCUT2D eigenvalue weighted by Gasteiger charge is 2.25. The lowest BCUT2D eigenvalue weighted by atomic mass is 10.4. The Labute approximate surface area is 97.4 Å². The van der Waals surface area contributed by atoms with E-state index in [0.29, 0.717) is 5.88 Å². The van der Waals surface area contributed by atoms with Gasteiger partial charge in [-0.05, 0) is 4.53 Å². The van der Waals surface area contributed by atoms with Crippen LogP contribution in [0.5, 0.6) is 0 Å². The molecule has 0 atom stereocenters. The van der Waals surface area contributed by atoms with Crippen LogP contribution in [0, 0.1) is 0 Å². The van der Waals surface area contributed by atoms with Crippen LogP contribution >= 0.6 is 24.2 Å². The second-order valence-corrected chi connectivity index (χ2v) is 9.31. The van der Waals surface area contributed by atoms with Crippen molar-refractivity contribution < 1.29 is 0 Å². The van der Waals surface area contributed by atoms with E-state index in [-0.39, 0.29) is 0 Å². The van der Waals surface area contributed by atoms with Crippen molar-refractivity contribution in [1.82, 2.24) is 0 Å². The van der Waals surface area contributed by atoms with Gasteiger partial charge < -0.3 is 0 Å². The van der Waals surface area contributed by atoms with E-state index in [1.807, 2.05) is 12.1 Å². The van der Waals surface area contributed by atoms with Gasteiger partial charge in [0.05, 0.1) is 0 Å². The lowest BCUT2D eigenvalue weighted by Crippen LogP contribution is -2.42. The van der Waals surface area contributed by atoms with E-state index in [1.54, 1.807) is 0 Å². The maximum atomic E-state index is 5.69. The van der Waals surface area contributed by atoms with Crippen molar-refractivity contribution >= 4 is 37.5 Å². The maximum Gasteiger partial charge on any atom is 0.119 e. The number of hydrogen-bond donors (Lipinski definition) is 1. The molecule has 0 nitrogen and oxygen atoms in total. The molecular weight excluding hydrogens is 228 g/mol. The molecule has 1 rings (SSSR count). The number of thiol groups is 1. The molecule has 76 valence electrons. The zero-order chi connectivity index (χ0) is 10.6. The van der Waals surface area contributed by atoms with Crippen LogP contribution in [0.1, 0.15) is 0 Å². The highest BCUT2D eigenvalue weighted by molar-refractivity contribution is 7.87. The summed E-state index contributed by atoms with van der Waals surface area (Å²) >= 11 is 10.2. The average molecular weight is 243 g/mol. The van der Waals surface area contributed by atoms with Gasteiger partial charge in [0.1, 0.15) is 8.07 Å². The minimum Gasteiger partial charge on any atom is -0.152 e. The van der Waals surface area contributed by atoms with Crippen molar-refractivity contribution in [3.63, 3.8) is 0 Å². The molecule has 0 heterocycles. The summed E-state index contributed by atoms with van der Waals surface area (Å²) in [5.41, 5.74) is 0. The first-order chi connectivity index (χ1) is 6.59. The van der Waals surface area contributed by atoms with Crippen LogP contribution in [0.4, 0.5) is 0 Å². The Morgan fingerprint density at radius 2 is 1.93 bits per heavy atom. The molecule has 0 saturated heterocycles. The zero-order valence-corrected chi connectivity index (χ0v) is 11.1. The van der Waals surface area contributed by atoms with Gasteiger partial charge in [0, 0.05) is 5.88 Å². The summed E-state index contributed by atoms with van der Waals surface area (Å²) in [5, 5.41) is 1.39. The number of alkyl halides is 1. The second-order valence-electron chi connectivity index (χ2n) is 3.73. The van der Waals surface area contributed by atoms with Crippen molar-refractivity contribution in [2.45, 2.75) is 13.1 Å². The van der Waals surface area contributed by atoms with Crippen molar-refractivity contribution in [3.8, 4) is 0 Å². The van der Waals surface area contributed by atoms with E-state index < -0.39 is 8.07 Å². The lowest BCUT2D eigenvalue weighted by molar-refractivity contribution is 1.67. The highest BCUT2D eigenvalue weighted by Crippen LogP contribution is 2.18. The Morgan fingerprint density at radius 3 is 2.43 bits per heavy atom. The maximum absolute atomic E-state index is 5.69. The number of halogens is 1. The summed E-state index contributed by atoms with van der Waals surface area (Å²) in [5.74, 6) is 0.544. The third-order valence-electron chi connectivity index (χ3n) is 2.41. The van der Waals surface area contributed by atoms with Gasteiger partial charge in [-0.2, -0.15) is 12.6 Å². The van der Waals surface area contributed by atoms with E-state index in [2.05, 4.69) is 50.0 Å². The van der Waals surface area contributed by atoms with Crippen molar-refractivity contribution in [3.05, 3.63) is 40.9 Å². The highest BCUT2D eigenvalue weighted by atomic mass is 35.5. The van der Waals surface area contributed by atoms with E-state index >= 15 is 0 Å². The Kier molecular flexibility index (Phi) is 4.29. The topological polar surface area (TPSA) is 0 Å². The first-order valence-electron chi connectivity index (χ1n) is 4.60. The minimum absolute atomic E-state index is 0.544. The van der Waals surface area contributed by atoms with Gasteiger partial charge >= 0.3 is 0 Å². The predicted molar refractivity (Wildman–Crippen MR) is 71.3 cm³/mol. The van der Waals surface area contributed by atoms with Crippen LogP contribution in [-0.2, 0) is 0 Å². The van der Waals surface area contributed by atoms with Crippen LogP contribution < -0.4 is 5.19 Å². The second kappa shape index (κ2) is 5.05. The first kappa shape index (κ1) is 11.9. The molecule has 0 N–H and O–H groups in total. The molecule has 0 radical (unpaired) electrons. The van der Waals surface area contributed by atoms with Crippen LogP contribution in [0.15, 0.2) is 40.9 Å². The van der Waals surface area contributed by atoms with E-state index in [1.165, 1.54) is 5.19 Å². The first-order valence-corrected chi connectivity index (χ1v) is 8.58. The van der Waals surface area contributed by atoms with Crippen molar-refractivity contribution in [2.24, 2.45) is 0 Å². The Hall–Kier alpha value is -0.183. The Bertz CT molecular complexity index is 319. The van der Waals surface area contributed by atoms with Gasteiger partial charge in [-0.1, -0.05) is 54.7 Å². The van der Waals surface area contributed by atoms with Gasteiger partial charge in [-0.15, -0.1) is 11.6 Å². The van der Waals surface area contributed by atoms with Gasteiger partial charge in [-0.25, -0.2) is 0 Å². The lowest BCUT2D eigenvalue weighted by Gasteiger charge is -2.23. The molecule has 14 heavy (non-hydrogen) atoms. The molecule has 0 fully saturated rings. The van der Waals surface area contributed by atoms with Crippen molar-refractivity contribution in [1.29, 1.82) is 0 Å². The average Bonchev–Trinajstić information content (AvgIpc) is 2.19. The smallest absolute Gasteiger partial charge is 0.119 e. The third-order valence-corrected chi connectivity index (χ3v) is 7.68. The largest absolute Gasteiger partial charge is 0.152 e. The fraction of sp³-hybridized carbons (Fsp3) is 0.273. The molecule has 0 saturated carbocycles. The van der Waals surface area contributed by atoms with E-state index in [4.69, 9.17) is 11.6 Å². The standard InChI is InChI=1S/C11H15ClSSi/c1-14(2,11(13)8-9-12)10-6-4-3-5-7-10/h3-8,13H,9H2,1-2H3/b11-8+. The number of hydrogen-bond acceptors (Lipinski definition) is 1. The molecule has 0 unspecified atom stereocenters. The summed E-state index contributed by atoms with van der Waals surface area (Å²) < 4.78 is 1.15. The van der Waals surface area contributed by atoms with Gasteiger partial charge in [0.15, 0.2) is 0 Å². The summed E-state index contributed by atoms with van der Waals surface area (Å²) in [7, 11) is -1.56. The molecule has 1 aromatic rings. The summed E-state index contributed by atoms with van der Waals surface area (Å²) in [6.45, 7) is 4.57. The van der Waals surface area contributed by atoms with Crippen LogP contribution in [0.3, 0.4) is 0 Å². The fourth-order valence-corrected chi connectivity index (χ4v) is 4.13. The quantitative estimate of drug-likeness (QED) is 0.470. The van der Waals surface area contributed by atoms with Crippen molar-refractivity contribution in [2.75, 3.05) is 5.88 Å². The van der Waals surface area contributed by atoms with Gasteiger partial charge in [0.2, 0.25) is 0 Å². The molecule has 0 aliphatic rings. The van der Waals surface area contributed by atoms with Crippen LogP contribution in [-0.4, -0.2) is 14.0 Å². The van der Waals surface area contributed by atoms with E-state index in [0.717, 1.165) is 4.53 Å². The molecule has 0 bridgehead atoms. The monoisotopic (exact) mass is 242 g/mol. The number of allylic oxidation sites excluding steroid dienone is 1. The third kappa shape index (κ3) is 2.66. The molecule has 0 amide bonds. The minimum atomic E-state index is -1.56. The summed E-state index contributed by atoms with van der Waals surface area (Å²) in [6, 6.07) is 10.5. The molecular formula is C11H15ClSSi. The molecule has 0 aromatic heterocycles. The van der Waals surface area contributed by atoms with Gasteiger partial charge in [0.25, 0.3) is 0 Å². The summed E-state index contributed by atoms with van der Waals surface area (Å²) in [4.78, 5) is 0. The normalized spacial score (nSPS) is 13.0. The fourth-order valence-electron chi connectivity index (χ4n) is 1.33. The van der Waals surface area contributed by atoms with Gasteiger partial charge in [-0.3, -0.25) is 0 Å². The SMILES string of the molecule is C[Si](C)(/C(S)=C/CCl)c1ccccc1. The molecule has 0 aliphatic carbocycles. The van der Waals surface area contributed by atoms with Crippen LogP contribution in [0.25, 0.3) is 0 Å². The molecule has 3 heteroatoms. The number of benzene rings is 1. The van der Waals surface area contributed by atoms with E-state index in [9.17, 15) is 0 Å². The molecule has 0 aliphatic heterocycles. The molecule has 0 spiro atoms. The Morgan fingerprint density at radius 1 is 1.36 bits per heavy atom. The zero-order valence-electron chi connectivity index (χ0n) is 8.50. The predicted octanol–water partition coefficient (Wildman–Crippen LogP) is 3.19. The molecule has 1 aromatic carbocycles. The summed E-state index contributed by atoms with van der Waals surface area (Å²) in [6.07, 6.45) is 2.00. The van der Waals surface area contributed by atoms with Crippen LogP contribution in [0.2, 0.25) is 13.1 Å². The number of rotatable bonds is 3. The Balaban J connectivity index is 3.02.